The van der Waals surface area contributed by atoms with Crippen LogP contribution in [0.4, 0.5) is 11.4 Å². The molecular weight excluding hydrogens is 325 g/mol. The maximum Gasteiger partial charge on any atom is 0.349 e. The predicted octanol–water partition coefficient (Wildman–Crippen LogP) is 4.13. The quantitative estimate of drug-likeness (QED) is 0.855. The van der Waals surface area contributed by atoms with E-state index in [-0.39, 0.29) is 0 Å². The topological polar surface area (TPSA) is 57.6 Å². The van der Waals surface area contributed by atoms with Crippen LogP contribution in [0.25, 0.3) is 0 Å². The van der Waals surface area contributed by atoms with Gasteiger partial charge in [-0.15, -0.1) is 0 Å². The van der Waals surface area contributed by atoms with Crippen molar-refractivity contribution in [1.82, 2.24) is 0 Å². The summed E-state index contributed by atoms with van der Waals surface area (Å²) in [6.45, 7) is 0. The Bertz CT molecular complexity index is 675. The largest absolute Gasteiger partial charge is 0.477 e. The van der Waals surface area contributed by atoms with Crippen LogP contribution in [0.2, 0.25) is 0 Å². The van der Waals surface area contributed by atoms with Gasteiger partial charge in [-0.3, -0.25) is 9.69 Å². The van der Waals surface area contributed by atoms with Gasteiger partial charge >= 0.3 is 5.97 Å². The molecule has 0 saturated heterocycles. The van der Waals surface area contributed by atoms with Crippen molar-refractivity contribution in [2.45, 2.75) is 0 Å². The lowest BCUT2D eigenvalue weighted by Gasteiger charge is -2.22. The number of anilines is 2. The smallest absolute Gasteiger partial charge is 0.349 e. The summed E-state index contributed by atoms with van der Waals surface area (Å²) in [6, 6.07) is 17.5. The third-order valence-electron chi connectivity index (χ3n) is 2.80. The van der Waals surface area contributed by atoms with E-state index >= 15 is 0 Å². The lowest BCUT2D eigenvalue weighted by Crippen LogP contribution is -2.27. The Morgan fingerprint density at radius 3 is 1.55 bits per heavy atom. The maximum absolute atomic E-state index is 12.6. The first-order valence-electron chi connectivity index (χ1n) is 6.25. The van der Waals surface area contributed by atoms with Crippen LogP contribution >= 0.6 is 23.2 Å². The third kappa shape index (κ3) is 3.47. The van der Waals surface area contributed by atoms with Gasteiger partial charge in [-0.1, -0.05) is 59.6 Å². The summed E-state index contributed by atoms with van der Waals surface area (Å²) in [6.07, 6.45) is 0. The molecule has 112 valence electrons. The van der Waals surface area contributed by atoms with Crippen molar-refractivity contribution >= 4 is 46.5 Å². The van der Waals surface area contributed by atoms with Crippen LogP contribution in [-0.2, 0) is 9.59 Å². The van der Waals surface area contributed by atoms with Crippen molar-refractivity contribution in [2.24, 2.45) is 0 Å². The van der Waals surface area contributed by atoms with Crippen molar-refractivity contribution < 1.29 is 14.7 Å². The number of halogens is 2. The molecule has 0 unspecified atom stereocenters. The Kier molecular flexibility index (Phi) is 5.20. The van der Waals surface area contributed by atoms with Gasteiger partial charge in [0.2, 0.25) is 0 Å². The van der Waals surface area contributed by atoms with Crippen molar-refractivity contribution in [3.63, 3.8) is 0 Å². The van der Waals surface area contributed by atoms with Crippen molar-refractivity contribution in [1.29, 1.82) is 0 Å². The summed E-state index contributed by atoms with van der Waals surface area (Å²) >= 11 is 11.4. The Hall–Kier alpha value is -2.30. The minimum atomic E-state index is -1.46. The van der Waals surface area contributed by atoms with Crippen LogP contribution in [0.15, 0.2) is 70.7 Å². The fraction of sp³-hybridized carbons (Fsp3) is 0. The molecule has 2 rings (SSSR count). The van der Waals surface area contributed by atoms with E-state index in [0.717, 1.165) is 0 Å². The lowest BCUT2D eigenvalue weighted by atomic mass is 10.2. The van der Waals surface area contributed by atoms with Crippen molar-refractivity contribution in [2.75, 3.05) is 4.90 Å². The summed E-state index contributed by atoms with van der Waals surface area (Å²) in [5.41, 5.74) is 1.10. The molecule has 0 aliphatic rings. The molecule has 2 aromatic rings. The number of aliphatic carboxylic acids is 1. The second-order valence-electron chi connectivity index (χ2n) is 4.24. The van der Waals surface area contributed by atoms with Crippen molar-refractivity contribution in [3.05, 3.63) is 70.7 Å². The number of nitrogens with zero attached hydrogens (tertiary/aromatic N) is 1. The van der Waals surface area contributed by atoms with Gasteiger partial charge < -0.3 is 5.11 Å². The molecule has 0 spiro atoms. The Labute approximate surface area is 137 Å². The number of hydrogen-bond acceptors (Lipinski definition) is 2. The van der Waals surface area contributed by atoms with Gasteiger partial charge in [0.05, 0.1) is 0 Å². The van der Waals surface area contributed by atoms with Gasteiger partial charge in [0, 0.05) is 11.4 Å². The summed E-state index contributed by atoms with van der Waals surface area (Å²) in [7, 11) is 0. The fourth-order valence-electron chi connectivity index (χ4n) is 1.82. The zero-order valence-corrected chi connectivity index (χ0v) is 12.8. The summed E-state index contributed by atoms with van der Waals surface area (Å²) < 4.78 is 0. The van der Waals surface area contributed by atoms with E-state index in [1.54, 1.807) is 60.7 Å². The first kappa shape index (κ1) is 16.1. The Morgan fingerprint density at radius 1 is 0.773 bits per heavy atom. The lowest BCUT2D eigenvalue weighted by molar-refractivity contribution is -0.132. The zero-order chi connectivity index (χ0) is 16.1. The summed E-state index contributed by atoms with van der Waals surface area (Å²) in [4.78, 5) is 24.8. The molecular formula is C16H11Cl2NO3. The van der Waals surface area contributed by atoms with Crippen LogP contribution in [-0.4, -0.2) is 17.0 Å². The monoisotopic (exact) mass is 335 g/mol. The second kappa shape index (κ2) is 7.11. The predicted molar refractivity (Wildman–Crippen MR) is 86.4 cm³/mol. The van der Waals surface area contributed by atoms with E-state index in [2.05, 4.69) is 0 Å². The highest BCUT2D eigenvalue weighted by atomic mass is 35.5. The van der Waals surface area contributed by atoms with E-state index in [1.807, 2.05) is 0 Å². The molecule has 6 heteroatoms. The molecule has 0 atom stereocenters. The van der Waals surface area contributed by atoms with Crippen molar-refractivity contribution in [3.8, 4) is 0 Å². The van der Waals surface area contributed by atoms with E-state index in [1.165, 1.54) is 4.90 Å². The number of carbonyl (C=O) groups is 2. The van der Waals surface area contributed by atoms with Gasteiger partial charge in [0.15, 0.2) is 0 Å². The van der Waals surface area contributed by atoms with Gasteiger partial charge in [0.1, 0.15) is 10.1 Å². The number of rotatable bonds is 4. The molecule has 1 amide bonds. The standard InChI is InChI=1S/C16H11Cl2NO3/c17-13(14(18)16(21)22)15(20)19(11-7-3-1-4-8-11)12-9-5-2-6-10-12/h1-10H,(H,21,22)/b14-13-. The number of amides is 1. The molecule has 0 aromatic heterocycles. The van der Waals surface area contributed by atoms with Crippen LogP contribution in [0.3, 0.4) is 0 Å². The number of carboxylic acids is 1. The van der Waals surface area contributed by atoms with E-state index in [0.29, 0.717) is 11.4 Å². The van der Waals surface area contributed by atoms with Crippen LogP contribution < -0.4 is 4.90 Å². The van der Waals surface area contributed by atoms with Gasteiger partial charge in [-0.25, -0.2) is 4.79 Å². The molecule has 4 nitrogen and oxygen atoms in total. The molecule has 0 saturated carbocycles. The number of hydrogen-bond donors (Lipinski definition) is 1. The fourth-order valence-corrected chi connectivity index (χ4v) is 2.07. The van der Waals surface area contributed by atoms with Crippen LogP contribution in [0.1, 0.15) is 0 Å². The molecule has 0 radical (unpaired) electrons. The highest BCUT2D eigenvalue weighted by Crippen LogP contribution is 2.29. The van der Waals surface area contributed by atoms with E-state index in [4.69, 9.17) is 28.3 Å². The number of para-hydroxylation sites is 2. The highest BCUT2D eigenvalue weighted by molar-refractivity contribution is 6.54. The molecule has 0 bridgehead atoms. The zero-order valence-electron chi connectivity index (χ0n) is 11.2. The average Bonchev–Trinajstić information content (AvgIpc) is 2.55. The summed E-state index contributed by atoms with van der Waals surface area (Å²) in [5.74, 6) is -2.17. The SMILES string of the molecule is O=C(O)/C(Cl)=C(/Cl)C(=O)N(c1ccccc1)c1ccccc1. The molecule has 0 heterocycles. The summed E-state index contributed by atoms with van der Waals surface area (Å²) in [5, 5.41) is 7.61. The number of carboxylic acid groups (broad SMARTS) is 1. The average molecular weight is 336 g/mol. The first-order chi connectivity index (χ1) is 10.5. The molecule has 0 fully saturated rings. The first-order valence-corrected chi connectivity index (χ1v) is 7.01. The minimum Gasteiger partial charge on any atom is -0.477 e. The number of benzene rings is 2. The maximum atomic E-state index is 12.6. The van der Waals surface area contributed by atoms with Crippen LogP contribution in [0, 0.1) is 0 Å². The molecule has 2 aromatic carbocycles. The van der Waals surface area contributed by atoms with Gasteiger partial charge in [-0.2, -0.15) is 0 Å². The number of carbonyl (C=O) groups excluding carboxylic acids is 1. The molecule has 1 N–H and O–H groups in total. The Morgan fingerprint density at radius 2 is 1.18 bits per heavy atom. The van der Waals surface area contributed by atoms with Crippen LogP contribution in [0.5, 0.6) is 0 Å². The second-order valence-corrected chi connectivity index (χ2v) is 5.00. The Balaban J connectivity index is 2.53. The molecule has 22 heavy (non-hydrogen) atoms. The minimum absolute atomic E-state index is 0.548. The van der Waals surface area contributed by atoms with Gasteiger partial charge in [-0.05, 0) is 24.3 Å². The normalized spacial score (nSPS) is 11.5. The van der Waals surface area contributed by atoms with E-state index in [9.17, 15) is 9.59 Å². The van der Waals surface area contributed by atoms with E-state index < -0.39 is 21.9 Å². The third-order valence-corrected chi connectivity index (χ3v) is 3.60. The van der Waals surface area contributed by atoms with Gasteiger partial charge in [0.25, 0.3) is 5.91 Å². The molecule has 0 aliphatic carbocycles. The molecule has 0 aliphatic heterocycles. The highest BCUT2D eigenvalue weighted by Gasteiger charge is 2.25.